The maximum Gasteiger partial charge on any atom is 0.229 e. The quantitative estimate of drug-likeness (QED) is 0.285. The molecule has 2 fully saturated rings. The molecule has 2 saturated carbocycles. The predicted octanol–water partition coefficient (Wildman–Crippen LogP) is 2.45. The Bertz CT molecular complexity index is 1710. The zero-order chi connectivity index (χ0) is 28.2. The molecule has 9 nitrogen and oxygen atoms in total. The fourth-order valence-electron chi connectivity index (χ4n) is 5.81. The average molecular weight is 545 g/mol. The van der Waals surface area contributed by atoms with E-state index in [0.717, 1.165) is 23.3 Å². The molecule has 204 valence electrons. The van der Waals surface area contributed by atoms with Crippen molar-refractivity contribution in [2.75, 3.05) is 12.4 Å². The molecular weight excluding hydrogens is 518 g/mol. The van der Waals surface area contributed by atoms with Crippen molar-refractivity contribution in [1.29, 1.82) is 0 Å². The third-order valence-electron chi connectivity index (χ3n) is 7.85. The lowest BCUT2D eigenvalue weighted by atomic mass is 9.98. The van der Waals surface area contributed by atoms with E-state index in [1.54, 1.807) is 4.57 Å². The van der Waals surface area contributed by atoms with E-state index in [0.29, 0.717) is 29.9 Å². The number of nitrogens with one attached hydrogen (secondary N) is 2. The lowest BCUT2D eigenvalue weighted by Gasteiger charge is -2.23. The van der Waals surface area contributed by atoms with E-state index in [1.807, 2.05) is 31.2 Å². The number of hydrogen-bond acceptors (Lipinski definition) is 7. The van der Waals surface area contributed by atoms with Gasteiger partial charge in [-0.05, 0) is 43.0 Å². The van der Waals surface area contributed by atoms with Gasteiger partial charge in [-0.3, -0.25) is 4.79 Å². The molecule has 2 aromatic carbocycles. The van der Waals surface area contributed by atoms with Crippen LogP contribution in [0.2, 0.25) is 0 Å². The van der Waals surface area contributed by atoms with Crippen LogP contribution in [0.1, 0.15) is 35.0 Å². The first-order valence-corrected chi connectivity index (χ1v) is 12.8. The van der Waals surface area contributed by atoms with Gasteiger partial charge >= 0.3 is 0 Å². The normalized spacial score (nSPS) is 24.8. The zero-order valence-corrected chi connectivity index (χ0v) is 21.7. The van der Waals surface area contributed by atoms with Crippen LogP contribution < -0.4 is 10.6 Å². The van der Waals surface area contributed by atoms with Crippen LogP contribution in [0.3, 0.4) is 0 Å². The van der Waals surface area contributed by atoms with E-state index in [2.05, 4.69) is 37.4 Å². The Kier molecular flexibility index (Phi) is 6.24. The Balaban J connectivity index is 1.42. The fourth-order valence-corrected chi connectivity index (χ4v) is 5.81. The Labute approximate surface area is 228 Å². The molecular formula is C29H26F2N6O3. The standard InChI is InChI=1S/C29H26F2N6O3/c1-15-4-3-5-17(10-15)13-33-26-22-27(36-21(35-26)9-7-16-6-8-19(30)20(31)11-16)37(14-34-22)23-18-12-29(18,28(40)32-2)25(39)24(23)38/h3-6,8,10-11,14,18,23-25,38-39H,12-13H2,1-2H3,(H,32,40)(H,33,35,36)/t18?,23-,24+,25+,29?/m1/s1. The number of carbonyl (C=O) groups is 1. The summed E-state index contributed by atoms with van der Waals surface area (Å²) in [5, 5.41) is 27.7. The molecule has 0 saturated heterocycles. The van der Waals surface area contributed by atoms with Gasteiger partial charge in [-0.2, -0.15) is 0 Å². The summed E-state index contributed by atoms with van der Waals surface area (Å²) in [6.07, 6.45) is -0.526. The number of aliphatic hydroxyl groups is 2. The highest BCUT2D eigenvalue weighted by molar-refractivity contribution is 5.88. The van der Waals surface area contributed by atoms with Gasteiger partial charge in [0.1, 0.15) is 6.10 Å². The van der Waals surface area contributed by atoms with Crippen LogP contribution in [0.4, 0.5) is 14.6 Å². The monoisotopic (exact) mass is 544 g/mol. The maximum atomic E-state index is 13.7. The zero-order valence-electron chi connectivity index (χ0n) is 21.7. The highest BCUT2D eigenvalue weighted by Crippen LogP contribution is 2.67. The molecule has 0 aliphatic heterocycles. The van der Waals surface area contributed by atoms with Crippen LogP contribution in [0.25, 0.3) is 11.2 Å². The molecule has 11 heteroatoms. The second-order valence-electron chi connectivity index (χ2n) is 10.3. The number of aromatic nitrogens is 4. The minimum atomic E-state index is -1.24. The average Bonchev–Trinajstić information content (AvgIpc) is 3.48. The van der Waals surface area contributed by atoms with Crippen molar-refractivity contribution in [3.05, 3.63) is 82.9 Å². The van der Waals surface area contributed by atoms with Gasteiger partial charge in [0, 0.05) is 25.1 Å². The van der Waals surface area contributed by atoms with Gasteiger partial charge in [0.2, 0.25) is 11.7 Å². The number of aliphatic hydroxyl groups excluding tert-OH is 2. The minimum absolute atomic E-state index is 0.0899. The minimum Gasteiger partial charge on any atom is -0.389 e. The number of nitrogens with zero attached hydrogens (tertiary/aromatic N) is 4. The SMILES string of the molecule is CNC(=O)C12CC1[C@@H](n1cnc3c(NCc4cccc(C)c4)nc(C#Cc4ccc(F)c(F)c4)nc31)[C@H](O)[C@@H]2O. The van der Waals surface area contributed by atoms with Gasteiger partial charge in [-0.1, -0.05) is 35.7 Å². The van der Waals surface area contributed by atoms with Crippen molar-refractivity contribution < 1.29 is 23.8 Å². The molecule has 2 unspecified atom stereocenters. The van der Waals surface area contributed by atoms with Crippen molar-refractivity contribution in [2.45, 2.75) is 38.1 Å². The number of imidazole rings is 1. The number of rotatable bonds is 5. The fraction of sp³-hybridized carbons (Fsp3) is 0.310. The van der Waals surface area contributed by atoms with E-state index in [9.17, 15) is 23.8 Å². The highest BCUT2D eigenvalue weighted by atomic mass is 19.2. The Morgan fingerprint density at radius 3 is 2.73 bits per heavy atom. The summed E-state index contributed by atoms with van der Waals surface area (Å²) in [7, 11) is 1.50. The van der Waals surface area contributed by atoms with E-state index >= 15 is 0 Å². The molecule has 2 heterocycles. The first kappa shape index (κ1) is 25.9. The molecule has 0 spiro atoms. The number of anilines is 1. The van der Waals surface area contributed by atoms with E-state index < -0.39 is 35.3 Å². The number of halogens is 2. The van der Waals surface area contributed by atoms with Crippen LogP contribution in [0.15, 0.2) is 48.8 Å². The van der Waals surface area contributed by atoms with Crippen LogP contribution in [-0.2, 0) is 11.3 Å². The lowest BCUT2D eigenvalue weighted by molar-refractivity contribution is -0.132. The van der Waals surface area contributed by atoms with Crippen molar-refractivity contribution in [3.63, 3.8) is 0 Å². The summed E-state index contributed by atoms with van der Waals surface area (Å²) in [6, 6.07) is 10.7. The topological polar surface area (TPSA) is 125 Å². The summed E-state index contributed by atoms with van der Waals surface area (Å²) in [5.41, 5.74) is 2.07. The third-order valence-corrected chi connectivity index (χ3v) is 7.85. The van der Waals surface area contributed by atoms with Gasteiger partial charge < -0.3 is 25.4 Å². The molecule has 1 amide bonds. The molecule has 40 heavy (non-hydrogen) atoms. The smallest absolute Gasteiger partial charge is 0.229 e. The van der Waals surface area contributed by atoms with E-state index in [-0.39, 0.29) is 23.2 Å². The van der Waals surface area contributed by atoms with Crippen molar-refractivity contribution in [3.8, 4) is 11.8 Å². The number of fused-ring (bicyclic) bond motifs is 2. The number of aryl methyl sites for hydroxylation is 1. The van der Waals surface area contributed by atoms with Crippen LogP contribution >= 0.6 is 0 Å². The van der Waals surface area contributed by atoms with Crippen LogP contribution in [0.5, 0.6) is 0 Å². The number of hydrogen-bond donors (Lipinski definition) is 4. The Hall–Kier alpha value is -4.40. The van der Waals surface area contributed by atoms with Gasteiger partial charge in [-0.15, -0.1) is 0 Å². The summed E-state index contributed by atoms with van der Waals surface area (Å²) < 4.78 is 28.7. The maximum absolute atomic E-state index is 13.7. The largest absolute Gasteiger partial charge is 0.389 e. The third kappa shape index (κ3) is 4.16. The predicted molar refractivity (Wildman–Crippen MR) is 142 cm³/mol. The van der Waals surface area contributed by atoms with Crippen LogP contribution in [-0.4, -0.2) is 54.9 Å². The summed E-state index contributed by atoms with van der Waals surface area (Å²) in [4.78, 5) is 26.3. The van der Waals surface area contributed by atoms with Gasteiger partial charge in [0.15, 0.2) is 28.6 Å². The van der Waals surface area contributed by atoms with Crippen molar-refractivity contribution in [2.24, 2.45) is 11.3 Å². The van der Waals surface area contributed by atoms with Gasteiger partial charge in [0.25, 0.3) is 0 Å². The molecule has 4 aromatic rings. The number of carbonyl (C=O) groups excluding carboxylic acids is 1. The first-order chi connectivity index (χ1) is 19.2. The molecule has 6 rings (SSSR count). The first-order valence-electron chi connectivity index (χ1n) is 12.8. The van der Waals surface area contributed by atoms with Crippen molar-refractivity contribution >= 4 is 22.9 Å². The summed E-state index contributed by atoms with van der Waals surface area (Å²) in [5.74, 6) is 3.44. The molecule has 0 bridgehead atoms. The lowest BCUT2D eigenvalue weighted by Crippen LogP contribution is -2.41. The van der Waals surface area contributed by atoms with Crippen molar-refractivity contribution in [1.82, 2.24) is 24.8 Å². The second kappa shape index (κ2) is 9.66. The molecule has 5 atom stereocenters. The van der Waals surface area contributed by atoms with Gasteiger partial charge in [-0.25, -0.2) is 23.7 Å². The number of benzene rings is 2. The van der Waals surface area contributed by atoms with Gasteiger partial charge in [0.05, 0.1) is 23.9 Å². The van der Waals surface area contributed by atoms with E-state index in [4.69, 9.17) is 0 Å². The molecule has 2 aromatic heterocycles. The van der Waals surface area contributed by atoms with Crippen LogP contribution in [0, 0.1) is 41.7 Å². The Morgan fingerprint density at radius 2 is 1.98 bits per heavy atom. The molecule has 0 radical (unpaired) electrons. The summed E-state index contributed by atoms with van der Waals surface area (Å²) in [6.45, 7) is 2.43. The van der Waals surface area contributed by atoms with E-state index in [1.165, 1.54) is 19.4 Å². The second-order valence-corrected chi connectivity index (χ2v) is 10.3. The summed E-state index contributed by atoms with van der Waals surface area (Å²) >= 11 is 0. The molecule has 2 aliphatic carbocycles. The molecule has 2 aliphatic rings. The Morgan fingerprint density at radius 1 is 1.15 bits per heavy atom. The highest BCUT2D eigenvalue weighted by Gasteiger charge is 2.75. The number of amides is 1. The molecule has 4 N–H and O–H groups in total.